The van der Waals surface area contributed by atoms with Crippen LogP contribution in [0, 0.1) is 17.3 Å². The van der Waals surface area contributed by atoms with Crippen molar-refractivity contribution in [1.29, 1.82) is 0 Å². The minimum Gasteiger partial charge on any atom is -0.465 e. The van der Waals surface area contributed by atoms with Crippen molar-refractivity contribution < 1.29 is 29.0 Å². The van der Waals surface area contributed by atoms with Crippen LogP contribution in [0.2, 0.25) is 0 Å². The summed E-state index contributed by atoms with van der Waals surface area (Å²) in [5, 5.41) is 11.3. The van der Waals surface area contributed by atoms with Gasteiger partial charge in [-0.15, -0.1) is 0 Å². The molecule has 1 heterocycles. The van der Waals surface area contributed by atoms with E-state index in [9.17, 15) is 14.4 Å². The fourth-order valence-electron chi connectivity index (χ4n) is 3.72. The molecule has 2 aliphatic rings. The lowest BCUT2D eigenvalue weighted by atomic mass is 9.63. The van der Waals surface area contributed by atoms with Gasteiger partial charge < -0.3 is 19.9 Å². The molecule has 0 aromatic rings. The number of cyclic esters (lactones) is 2. The normalized spacial score (nSPS) is 28.7. The van der Waals surface area contributed by atoms with Crippen molar-refractivity contribution in [2.24, 2.45) is 17.3 Å². The number of ether oxygens (including phenoxy) is 2. The van der Waals surface area contributed by atoms with Gasteiger partial charge in [-0.3, -0.25) is 9.59 Å². The molecule has 130 valence electrons. The Morgan fingerprint density at radius 2 is 1.61 bits per heavy atom. The lowest BCUT2D eigenvalue weighted by Crippen LogP contribution is -2.53. The Morgan fingerprint density at radius 1 is 1.13 bits per heavy atom. The van der Waals surface area contributed by atoms with Crippen LogP contribution in [0.3, 0.4) is 0 Å². The van der Waals surface area contributed by atoms with Gasteiger partial charge in [0.1, 0.15) is 0 Å². The van der Waals surface area contributed by atoms with Gasteiger partial charge in [0.15, 0.2) is 5.92 Å². The van der Waals surface area contributed by atoms with E-state index in [1.165, 1.54) is 13.8 Å². The van der Waals surface area contributed by atoms with Crippen molar-refractivity contribution in [3.8, 4) is 0 Å². The van der Waals surface area contributed by atoms with Gasteiger partial charge >= 0.3 is 18.0 Å². The van der Waals surface area contributed by atoms with Crippen LogP contribution in [0.15, 0.2) is 0 Å². The molecular weight excluding hydrogens is 302 g/mol. The van der Waals surface area contributed by atoms with E-state index in [2.05, 4.69) is 5.32 Å². The summed E-state index contributed by atoms with van der Waals surface area (Å²) >= 11 is 0. The zero-order valence-electron chi connectivity index (χ0n) is 14.0. The Balaban J connectivity index is 2.06. The van der Waals surface area contributed by atoms with Crippen molar-refractivity contribution in [2.45, 2.75) is 65.2 Å². The van der Waals surface area contributed by atoms with E-state index >= 15 is 0 Å². The van der Waals surface area contributed by atoms with Gasteiger partial charge in [-0.2, -0.15) is 0 Å². The molecule has 2 rings (SSSR count). The molecule has 1 aliphatic carbocycles. The van der Waals surface area contributed by atoms with Gasteiger partial charge in [-0.05, 0) is 37.0 Å². The molecule has 1 aliphatic heterocycles. The number of rotatable bonds is 3. The third-order valence-corrected chi connectivity index (χ3v) is 5.02. The predicted octanol–water partition coefficient (Wildman–Crippen LogP) is 2.29. The van der Waals surface area contributed by atoms with E-state index in [4.69, 9.17) is 14.6 Å². The first kappa shape index (κ1) is 17.6. The van der Waals surface area contributed by atoms with E-state index in [-0.39, 0.29) is 12.0 Å². The smallest absolute Gasteiger partial charge is 0.404 e. The summed E-state index contributed by atoms with van der Waals surface area (Å²) in [4.78, 5) is 35.3. The number of amides is 1. The van der Waals surface area contributed by atoms with Gasteiger partial charge in [0, 0.05) is 19.9 Å². The van der Waals surface area contributed by atoms with Crippen molar-refractivity contribution in [3.05, 3.63) is 0 Å². The second kappa shape index (κ2) is 6.02. The maximum Gasteiger partial charge on any atom is 0.404 e. The Labute approximate surface area is 135 Å². The molecule has 0 unspecified atom stereocenters. The highest BCUT2D eigenvalue weighted by Gasteiger charge is 2.53. The monoisotopic (exact) mass is 327 g/mol. The summed E-state index contributed by atoms with van der Waals surface area (Å²) in [6.45, 7) is 6.84. The molecular formula is C16H25NO6. The zero-order chi connectivity index (χ0) is 17.4. The molecule has 1 amide bonds. The molecule has 1 saturated heterocycles. The maximum absolute atomic E-state index is 12.3. The quantitative estimate of drug-likeness (QED) is 0.609. The summed E-state index contributed by atoms with van der Waals surface area (Å²) < 4.78 is 10.5. The zero-order valence-corrected chi connectivity index (χ0v) is 14.0. The average molecular weight is 327 g/mol. The van der Waals surface area contributed by atoms with Crippen molar-refractivity contribution in [3.63, 3.8) is 0 Å². The second-order valence-electron chi connectivity index (χ2n) is 7.49. The molecule has 7 heteroatoms. The average Bonchev–Trinajstić information content (AvgIpc) is 2.35. The second-order valence-corrected chi connectivity index (χ2v) is 7.49. The Hall–Kier alpha value is -1.79. The van der Waals surface area contributed by atoms with E-state index in [1.54, 1.807) is 0 Å². The van der Waals surface area contributed by atoms with Crippen LogP contribution in [0.1, 0.15) is 53.4 Å². The number of hydrogen-bond donors (Lipinski definition) is 2. The number of carbonyl (C=O) groups is 3. The van der Waals surface area contributed by atoms with Gasteiger partial charge in [0.2, 0.25) is 0 Å². The Kier molecular flexibility index (Phi) is 4.59. The molecule has 2 N–H and O–H groups in total. The number of esters is 2. The number of carbonyl (C=O) groups excluding carboxylic acids is 2. The number of carboxylic acid groups (broad SMARTS) is 1. The van der Waals surface area contributed by atoms with Gasteiger partial charge in [0.05, 0.1) is 0 Å². The maximum atomic E-state index is 12.3. The van der Waals surface area contributed by atoms with Crippen LogP contribution in [-0.2, 0) is 19.1 Å². The van der Waals surface area contributed by atoms with Gasteiger partial charge in [0.25, 0.3) is 5.79 Å². The highest BCUT2D eigenvalue weighted by molar-refractivity contribution is 5.97. The fraction of sp³-hybridized carbons (Fsp3) is 0.812. The third kappa shape index (κ3) is 3.76. The van der Waals surface area contributed by atoms with E-state index in [1.807, 2.05) is 13.8 Å². The third-order valence-electron chi connectivity index (χ3n) is 5.02. The molecule has 0 aromatic heterocycles. The number of nitrogens with one attached hydrogen (secondary N) is 1. The van der Waals surface area contributed by atoms with Crippen molar-refractivity contribution >= 4 is 18.0 Å². The van der Waals surface area contributed by atoms with E-state index in [0.717, 1.165) is 12.8 Å². The molecule has 1 saturated carbocycles. The van der Waals surface area contributed by atoms with E-state index < -0.39 is 35.2 Å². The van der Waals surface area contributed by atoms with Gasteiger partial charge in [-0.1, -0.05) is 13.8 Å². The number of hydrogen-bond acceptors (Lipinski definition) is 5. The lowest BCUT2D eigenvalue weighted by molar-refractivity contribution is -0.247. The standard InChI is InChI=1S/C16H25NO6/c1-15(2,9-5-7-10(8-6-9)17-14(20)21)11-12(18)22-16(3,4)23-13(11)19/h9-11,17H,5-8H2,1-4H3,(H,20,21)/t9-,10-. The van der Waals surface area contributed by atoms with Crippen LogP contribution in [0.25, 0.3) is 0 Å². The molecule has 0 bridgehead atoms. The van der Waals surface area contributed by atoms with Crippen molar-refractivity contribution in [1.82, 2.24) is 5.32 Å². The first-order chi connectivity index (χ1) is 10.5. The molecule has 0 radical (unpaired) electrons. The van der Waals surface area contributed by atoms with Crippen LogP contribution in [0.5, 0.6) is 0 Å². The Morgan fingerprint density at radius 3 is 2.04 bits per heavy atom. The first-order valence-corrected chi connectivity index (χ1v) is 7.98. The topological polar surface area (TPSA) is 102 Å². The van der Waals surface area contributed by atoms with Crippen LogP contribution >= 0.6 is 0 Å². The SMILES string of the molecule is CC1(C)OC(=O)C(C(C)(C)[C@H]2CC[C@H](NC(=O)O)CC2)C(=O)O1. The van der Waals surface area contributed by atoms with E-state index in [0.29, 0.717) is 12.8 Å². The minimum atomic E-state index is -1.22. The molecule has 23 heavy (non-hydrogen) atoms. The summed E-state index contributed by atoms with van der Waals surface area (Å²) in [6, 6.07) is -0.0660. The van der Waals surface area contributed by atoms with Crippen LogP contribution in [0.4, 0.5) is 4.79 Å². The summed E-state index contributed by atoms with van der Waals surface area (Å²) in [5.74, 6) is -3.11. The fourth-order valence-corrected chi connectivity index (χ4v) is 3.72. The van der Waals surface area contributed by atoms with Gasteiger partial charge in [-0.25, -0.2) is 4.79 Å². The molecule has 2 fully saturated rings. The highest BCUT2D eigenvalue weighted by Crippen LogP contribution is 2.46. The molecule has 0 aromatic carbocycles. The summed E-state index contributed by atoms with van der Waals surface area (Å²) in [6.07, 6.45) is 1.87. The molecule has 7 nitrogen and oxygen atoms in total. The largest absolute Gasteiger partial charge is 0.465 e. The summed E-state index contributed by atoms with van der Waals surface area (Å²) in [5.41, 5.74) is -0.598. The molecule has 0 atom stereocenters. The lowest BCUT2D eigenvalue weighted by Gasteiger charge is -2.45. The highest BCUT2D eigenvalue weighted by atomic mass is 16.7. The minimum absolute atomic E-state index is 0.0660. The predicted molar refractivity (Wildman–Crippen MR) is 80.4 cm³/mol. The first-order valence-electron chi connectivity index (χ1n) is 7.98. The van der Waals surface area contributed by atoms with Crippen LogP contribution < -0.4 is 5.32 Å². The Bertz CT molecular complexity index is 485. The van der Waals surface area contributed by atoms with Crippen LogP contribution in [-0.4, -0.2) is 35.0 Å². The summed E-state index contributed by atoms with van der Waals surface area (Å²) in [7, 11) is 0. The molecule has 0 spiro atoms. The van der Waals surface area contributed by atoms with Crippen molar-refractivity contribution in [2.75, 3.05) is 0 Å².